The SMILES string of the molecule is CC(C)(C)OC(=O)C(Cc1cscn1)CN1CCC2(CC1)OCc1ccc(F)cc12. The van der Waals surface area contributed by atoms with Crippen molar-refractivity contribution in [1.29, 1.82) is 0 Å². The number of thiazole rings is 1. The van der Waals surface area contributed by atoms with Gasteiger partial charge in [0, 0.05) is 31.4 Å². The Bertz CT molecular complexity index is 886. The Morgan fingerprint density at radius 2 is 2.13 bits per heavy atom. The van der Waals surface area contributed by atoms with Crippen LogP contribution in [0.3, 0.4) is 0 Å². The lowest BCUT2D eigenvalue weighted by Crippen LogP contribution is -2.46. The number of carbonyl (C=O) groups is 1. The van der Waals surface area contributed by atoms with E-state index in [2.05, 4.69) is 9.88 Å². The van der Waals surface area contributed by atoms with Gasteiger partial charge in [0.2, 0.25) is 0 Å². The van der Waals surface area contributed by atoms with E-state index >= 15 is 0 Å². The Morgan fingerprint density at radius 3 is 2.80 bits per heavy atom. The van der Waals surface area contributed by atoms with Crippen molar-refractivity contribution in [2.45, 2.75) is 57.8 Å². The second-order valence-corrected chi connectivity index (χ2v) is 10.0. The number of piperidine rings is 1. The molecule has 2 aromatic rings. The summed E-state index contributed by atoms with van der Waals surface area (Å²) >= 11 is 1.54. The standard InChI is InChI=1S/C23H29FN2O3S/c1-22(2,3)29-21(27)17(10-19-14-30-15-25-19)12-26-8-6-23(7-9-26)20-11-18(24)5-4-16(20)13-28-23/h4-5,11,14-15,17H,6-10,12-13H2,1-3H3. The Morgan fingerprint density at radius 1 is 1.37 bits per heavy atom. The molecule has 1 unspecified atom stereocenters. The smallest absolute Gasteiger partial charge is 0.311 e. The van der Waals surface area contributed by atoms with Crippen molar-refractivity contribution in [1.82, 2.24) is 9.88 Å². The number of halogens is 1. The molecule has 1 fully saturated rings. The highest BCUT2D eigenvalue weighted by atomic mass is 32.1. The van der Waals surface area contributed by atoms with Crippen LogP contribution >= 0.6 is 11.3 Å². The summed E-state index contributed by atoms with van der Waals surface area (Å²) in [5.41, 5.74) is 3.88. The van der Waals surface area contributed by atoms with Crippen LogP contribution in [0.1, 0.15) is 50.4 Å². The van der Waals surface area contributed by atoms with E-state index in [0.717, 1.165) is 42.8 Å². The maximum Gasteiger partial charge on any atom is 0.311 e. The molecule has 0 bridgehead atoms. The van der Waals surface area contributed by atoms with Crippen LogP contribution in [0.2, 0.25) is 0 Å². The number of aromatic nitrogens is 1. The molecule has 7 heteroatoms. The van der Waals surface area contributed by atoms with Crippen molar-refractivity contribution >= 4 is 17.3 Å². The van der Waals surface area contributed by atoms with Gasteiger partial charge in [-0.3, -0.25) is 4.79 Å². The molecule has 0 aliphatic carbocycles. The summed E-state index contributed by atoms with van der Waals surface area (Å²) < 4.78 is 25.7. The van der Waals surface area contributed by atoms with E-state index in [4.69, 9.17) is 9.47 Å². The molecule has 30 heavy (non-hydrogen) atoms. The van der Waals surface area contributed by atoms with E-state index in [9.17, 15) is 9.18 Å². The summed E-state index contributed by atoms with van der Waals surface area (Å²) in [6.07, 6.45) is 2.16. The molecule has 4 rings (SSSR count). The molecule has 1 aromatic heterocycles. The molecular formula is C23H29FN2O3S. The third-order valence-electron chi connectivity index (χ3n) is 5.89. The quantitative estimate of drug-likeness (QED) is 0.659. The summed E-state index contributed by atoms with van der Waals surface area (Å²) in [6.45, 7) is 8.44. The van der Waals surface area contributed by atoms with Gasteiger partial charge in [0.25, 0.3) is 0 Å². The summed E-state index contributed by atoms with van der Waals surface area (Å²) in [4.78, 5) is 19.5. The number of hydrogen-bond donors (Lipinski definition) is 0. The lowest BCUT2D eigenvalue weighted by Gasteiger charge is -2.40. The van der Waals surface area contributed by atoms with Gasteiger partial charge in [-0.05, 0) is 56.9 Å². The molecule has 1 saturated heterocycles. The van der Waals surface area contributed by atoms with E-state index in [1.807, 2.05) is 32.2 Å². The zero-order valence-corrected chi connectivity index (χ0v) is 18.6. The Hall–Kier alpha value is -1.83. The molecular weight excluding hydrogens is 403 g/mol. The topological polar surface area (TPSA) is 51.7 Å². The largest absolute Gasteiger partial charge is 0.460 e. The molecule has 1 spiro atoms. The van der Waals surface area contributed by atoms with Gasteiger partial charge in [0.15, 0.2) is 0 Å². The number of benzene rings is 1. The van der Waals surface area contributed by atoms with Gasteiger partial charge in [-0.25, -0.2) is 9.37 Å². The third kappa shape index (κ3) is 4.74. The molecule has 0 amide bonds. The molecule has 0 radical (unpaired) electrons. The van der Waals surface area contributed by atoms with E-state index in [-0.39, 0.29) is 17.7 Å². The van der Waals surface area contributed by atoms with Crippen LogP contribution in [0.25, 0.3) is 0 Å². The molecule has 2 aliphatic rings. The van der Waals surface area contributed by atoms with E-state index in [1.54, 1.807) is 11.6 Å². The first-order chi connectivity index (χ1) is 14.2. The van der Waals surface area contributed by atoms with Crippen molar-refractivity contribution in [3.05, 3.63) is 51.7 Å². The Kier molecular flexibility index (Phi) is 5.97. The second kappa shape index (κ2) is 8.36. The predicted molar refractivity (Wildman–Crippen MR) is 114 cm³/mol. The molecule has 2 aliphatic heterocycles. The minimum absolute atomic E-state index is 0.180. The highest BCUT2D eigenvalue weighted by Crippen LogP contribution is 2.44. The maximum absolute atomic E-state index is 13.8. The number of rotatable bonds is 5. The average molecular weight is 433 g/mol. The molecule has 5 nitrogen and oxygen atoms in total. The lowest BCUT2D eigenvalue weighted by molar-refractivity contribution is -0.161. The number of ether oxygens (including phenoxy) is 2. The molecule has 1 atom stereocenters. The van der Waals surface area contributed by atoms with Crippen molar-refractivity contribution in [3.8, 4) is 0 Å². The summed E-state index contributed by atoms with van der Waals surface area (Å²) in [5, 5.41) is 1.99. The zero-order chi connectivity index (χ0) is 21.4. The van der Waals surface area contributed by atoms with Crippen LogP contribution in [0.15, 0.2) is 29.1 Å². The first-order valence-electron chi connectivity index (χ1n) is 10.5. The van der Waals surface area contributed by atoms with Crippen molar-refractivity contribution in [2.75, 3.05) is 19.6 Å². The minimum Gasteiger partial charge on any atom is -0.460 e. The summed E-state index contributed by atoms with van der Waals surface area (Å²) in [5.74, 6) is -0.663. The van der Waals surface area contributed by atoms with Crippen LogP contribution < -0.4 is 0 Å². The normalized spacial score (nSPS) is 19.6. The molecule has 162 valence electrons. The van der Waals surface area contributed by atoms with E-state index < -0.39 is 11.2 Å². The fourth-order valence-electron chi connectivity index (χ4n) is 4.41. The van der Waals surface area contributed by atoms with Gasteiger partial charge in [0.1, 0.15) is 11.4 Å². The Labute approximate surface area is 181 Å². The van der Waals surface area contributed by atoms with E-state index in [1.165, 1.54) is 17.4 Å². The number of likely N-dealkylation sites (tertiary alicyclic amines) is 1. The van der Waals surface area contributed by atoms with Crippen LogP contribution in [-0.4, -0.2) is 41.1 Å². The third-order valence-corrected chi connectivity index (χ3v) is 6.52. The minimum atomic E-state index is -0.519. The Balaban J connectivity index is 1.43. The summed E-state index contributed by atoms with van der Waals surface area (Å²) in [7, 11) is 0. The van der Waals surface area contributed by atoms with Crippen molar-refractivity contribution in [2.24, 2.45) is 5.92 Å². The number of nitrogens with zero attached hydrogens (tertiary/aromatic N) is 2. The van der Waals surface area contributed by atoms with Gasteiger partial charge in [0.05, 0.1) is 29.3 Å². The predicted octanol–water partition coefficient (Wildman–Crippen LogP) is 4.30. The van der Waals surface area contributed by atoms with Gasteiger partial charge < -0.3 is 14.4 Å². The first-order valence-corrected chi connectivity index (χ1v) is 11.4. The molecule has 1 aromatic carbocycles. The van der Waals surface area contributed by atoms with Gasteiger partial charge in [-0.1, -0.05) is 6.07 Å². The lowest BCUT2D eigenvalue weighted by atomic mass is 9.83. The highest BCUT2D eigenvalue weighted by molar-refractivity contribution is 7.07. The average Bonchev–Trinajstić information content (AvgIpc) is 3.31. The van der Waals surface area contributed by atoms with Gasteiger partial charge >= 0.3 is 5.97 Å². The summed E-state index contributed by atoms with van der Waals surface area (Å²) in [6, 6.07) is 4.96. The fourth-order valence-corrected chi connectivity index (χ4v) is 4.98. The monoisotopic (exact) mass is 432 g/mol. The van der Waals surface area contributed by atoms with Crippen LogP contribution in [-0.2, 0) is 32.9 Å². The van der Waals surface area contributed by atoms with E-state index in [0.29, 0.717) is 19.6 Å². The molecule has 3 heterocycles. The van der Waals surface area contributed by atoms with Crippen LogP contribution in [0.5, 0.6) is 0 Å². The van der Waals surface area contributed by atoms with Crippen LogP contribution in [0.4, 0.5) is 4.39 Å². The number of esters is 1. The van der Waals surface area contributed by atoms with Crippen molar-refractivity contribution in [3.63, 3.8) is 0 Å². The molecule has 0 saturated carbocycles. The van der Waals surface area contributed by atoms with Gasteiger partial charge in [-0.15, -0.1) is 11.3 Å². The zero-order valence-electron chi connectivity index (χ0n) is 17.8. The van der Waals surface area contributed by atoms with Crippen molar-refractivity contribution < 1.29 is 18.7 Å². The van der Waals surface area contributed by atoms with Gasteiger partial charge in [-0.2, -0.15) is 0 Å². The van der Waals surface area contributed by atoms with Crippen LogP contribution in [0, 0.1) is 11.7 Å². The number of fused-ring (bicyclic) bond motifs is 2. The number of hydrogen-bond acceptors (Lipinski definition) is 6. The molecule has 0 N–H and O–H groups in total. The highest BCUT2D eigenvalue weighted by Gasteiger charge is 2.43. The second-order valence-electron chi connectivity index (χ2n) is 9.30. The number of carbonyl (C=O) groups excluding carboxylic acids is 1. The first kappa shape index (κ1) is 21.4. The maximum atomic E-state index is 13.8. The fraction of sp³-hybridized carbons (Fsp3) is 0.565.